The average Bonchev–Trinajstić information content (AvgIpc) is 2.94. The van der Waals surface area contributed by atoms with Gasteiger partial charge in [0.2, 0.25) is 10.0 Å². The van der Waals surface area contributed by atoms with Crippen LogP contribution in [-0.2, 0) is 10.0 Å². The second-order valence-corrected chi connectivity index (χ2v) is 8.95. The van der Waals surface area contributed by atoms with E-state index in [0.717, 1.165) is 12.8 Å². The van der Waals surface area contributed by atoms with E-state index in [2.05, 4.69) is 6.07 Å². The lowest BCUT2D eigenvalue weighted by Crippen LogP contribution is -2.44. The van der Waals surface area contributed by atoms with Gasteiger partial charge in [0, 0.05) is 13.1 Å². The smallest absolute Gasteiger partial charge is 0.212 e. The van der Waals surface area contributed by atoms with Gasteiger partial charge >= 0.3 is 6.18 Å². The Bertz CT molecular complexity index is 554. The van der Waals surface area contributed by atoms with Gasteiger partial charge in [0.1, 0.15) is 0 Å². The maximum Gasteiger partial charge on any atom is 0.391 e. The predicted octanol–water partition coefficient (Wildman–Crippen LogP) is 3.45. The molecule has 0 amide bonds. The van der Waals surface area contributed by atoms with E-state index in [1.54, 1.807) is 0 Å². The van der Waals surface area contributed by atoms with Crippen LogP contribution in [0.1, 0.15) is 51.4 Å². The third kappa shape index (κ3) is 4.18. The summed E-state index contributed by atoms with van der Waals surface area (Å²) >= 11 is 0. The van der Waals surface area contributed by atoms with E-state index < -0.39 is 33.6 Å². The molecule has 0 spiro atoms. The molecule has 0 bridgehead atoms. The largest absolute Gasteiger partial charge is 0.391 e. The first kappa shape index (κ1) is 18.5. The van der Waals surface area contributed by atoms with Gasteiger partial charge in [-0.2, -0.15) is 18.4 Å². The summed E-state index contributed by atoms with van der Waals surface area (Å²) in [6.07, 6.45) is -0.952. The van der Waals surface area contributed by atoms with Gasteiger partial charge in [0.25, 0.3) is 0 Å². The van der Waals surface area contributed by atoms with Crippen molar-refractivity contribution in [2.45, 2.75) is 63.6 Å². The van der Waals surface area contributed by atoms with Crippen LogP contribution in [0, 0.1) is 22.7 Å². The second-order valence-electron chi connectivity index (χ2n) is 6.92. The van der Waals surface area contributed by atoms with E-state index in [1.165, 1.54) is 11.4 Å². The highest BCUT2D eigenvalue weighted by Gasteiger charge is 2.45. The molecule has 0 aliphatic heterocycles. The monoisotopic (exact) mass is 352 g/mol. The summed E-state index contributed by atoms with van der Waals surface area (Å²) in [6.45, 7) is 0. The molecule has 2 rings (SSSR count). The Balaban J connectivity index is 2.00. The first-order valence-electron chi connectivity index (χ1n) is 8.03. The molecule has 0 saturated heterocycles. The van der Waals surface area contributed by atoms with Crippen LogP contribution in [0.5, 0.6) is 0 Å². The molecule has 2 aliphatic rings. The molecule has 132 valence electrons. The van der Waals surface area contributed by atoms with Gasteiger partial charge in [-0.3, -0.25) is 0 Å². The second kappa shape index (κ2) is 6.60. The summed E-state index contributed by atoms with van der Waals surface area (Å²) in [7, 11) is -2.20. The third-order valence-corrected chi connectivity index (χ3v) is 7.46. The molecule has 23 heavy (non-hydrogen) atoms. The highest BCUT2D eigenvalue weighted by atomic mass is 32.2. The number of alkyl halides is 3. The maximum atomic E-state index is 12.7. The van der Waals surface area contributed by atoms with Gasteiger partial charge in [0.15, 0.2) is 0 Å². The molecule has 0 aromatic heterocycles. The Labute approximate surface area is 135 Å². The molecule has 2 aliphatic carbocycles. The average molecular weight is 352 g/mol. The molecule has 2 fully saturated rings. The zero-order valence-electron chi connectivity index (χ0n) is 13.3. The predicted molar refractivity (Wildman–Crippen MR) is 79.9 cm³/mol. The molecule has 0 unspecified atom stereocenters. The molecule has 0 heterocycles. The lowest BCUT2D eigenvalue weighted by molar-refractivity contribution is -0.183. The van der Waals surface area contributed by atoms with Gasteiger partial charge in [-0.1, -0.05) is 12.8 Å². The van der Waals surface area contributed by atoms with Gasteiger partial charge in [-0.05, 0) is 38.5 Å². The molecule has 0 N–H and O–H groups in total. The highest BCUT2D eigenvalue weighted by Crippen LogP contribution is 2.41. The van der Waals surface area contributed by atoms with E-state index in [9.17, 15) is 26.9 Å². The van der Waals surface area contributed by atoms with Crippen molar-refractivity contribution in [1.82, 2.24) is 4.31 Å². The molecular formula is C15H23F3N2O2S. The number of halogens is 3. The quantitative estimate of drug-likeness (QED) is 0.778. The van der Waals surface area contributed by atoms with Crippen LogP contribution in [-0.4, -0.2) is 37.7 Å². The van der Waals surface area contributed by atoms with Crippen molar-refractivity contribution in [2.24, 2.45) is 11.3 Å². The molecule has 2 saturated carbocycles. The van der Waals surface area contributed by atoms with Crippen molar-refractivity contribution in [1.29, 1.82) is 5.26 Å². The van der Waals surface area contributed by atoms with Gasteiger partial charge < -0.3 is 0 Å². The fraction of sp³-hybridized carbons (Fsp3) is 0.933. The number of nitrogens with zero attached hydrogens (tertiary/aromatic N) is 2. The third-order valence-electron chi connectivity index (χ3n) is 5.37. The minimum atomic E-state index is -4.20. The summed E-state index contributed by atoms with van der Waals surface area (Å²) < 4.78 is 64.5. The fourth-order valence-corrected chi connectivity index (χ4v) is 5.71. The zero-order chi connectivity index (χ0) is 17.3. The molecular weight excluding hydrogens is 329 g/mol. The minimum absolute atomic E-state index is 0.0303. The minimum Gasteiger partial charge on any atom is -0.212 e. The Kier molecular flexibility index (Phi) is 5.31. The summed E-state index contributed by atoms with van der Waals surface area (Å²) in [5, 5.41) is 9.34. The molecule has 0 aromatic carbocycles. The highest BCUT2D eigenvalue weighted by molar-refractivity contribution is 7.89. The molecule has 4 nitrogen and oxygen atoms in total. The fourth-order valence-electron chi connectivity index (χ4n) is 3.79. The first-order valence-corrected chi connectivity index (χ1v) is 9.64. The molecule has 0 aromatic rings. The Hall–Kier alpha value is -0.810. The number of hydrogen-bond donors (Lipinski definition) is 0. The Morgan fingerprint density at radius 1 is 1.17 bits per heavy atom. The van der Waals surface area contributed by atoms with Crippen LogP contribution in [0.2, 0.25) is 0 Å². The molecule has 8 heteroatoms. The first-order chi connectivity index (χ1) is 10.6. The van der Waals surface area contributed by atoms with Gasteiger partial charge in [0.05, 0.1) is 23.2 Å². The van der Waals surface area contributed by atoms with Crippen LogP contribution in [0.3, 0.4) is 0 Å². The van der Waals surface area contributed by atoms with Crippen molar-refractivity contribution < 1.29 is 21.6 Å². The lowest BCUT2D eigenvalue weighted by atomic mass is 9.86. The van der Waals surface area contributed by atoms with E-state index in [-0.39, 0.29) is 31.4 Å². The van der Waals surface area contributed by atoms with E-state index in [1.807, 2.05) is 0 Å². The van der Waals surface area contributed by atoms with Gasteiger partial charge in [-0.25, -0.2) is 12.7 Å². The maximum absolute atomic E-state index is 12.7. The van der Waals surface area contributed by atoms with Crippen molar-refractivity contribution in [2.75, 3.05) is 12.8 Å². The number of nitriles is 1. The lowest BCUT2D eigenvalue weighted by Gasteiger charge is -2.35. The normalized spacial score (nSPS) is 28.7. The van der Waals surface area contributed by atoms with Crippen LogP contribution in [0.4, 0.5) is 13.2 Å². The van der Waals surface area contributed by atoms with Crippen LogP contribution in [0.15, 0.2) is 0 Å². The van der Waals surface area contributed by atoms with Crippen molar-refractivity contribution in [3.63, 3.8) is 0 Å². The standard InChI is InChI=1S/C15H23F3N2O2S/c1-20(13-6-4-12(5-7-13)15(16,17)18)23(21,22)11-14(10-19)8-2-3-9-14/h12-13H,2-9,11H2,1H3. The van der Waals surface area contributed by atoms with E-state index in [0.29, 0.717) is 12.8 Å². The SMILES string of the molecule is CN(C1CCC(C(F)(F)F)CC1)S(=O)(=O)CC1(C#N)CCCC1. The Morgan fingerprint density at radius 3 is 2.13 bits per heavy atom. The van der Waals surface area contributed by atoms with Crippen LogP contribution >= 0.6 is 0 Å². The van der Waals surface area contributed by atoms with Crippen molar-refractivity contribution in [3.05, 3.63) is 0 Å². The molecule has 0 radical (unpaired) electrons. The topological polar surface area (TPSA) is 61.2 Å². The van der Waals surface area contributed by atoms with Gasteiger partial charge in [-0.15, -0.1) is 0 Å². The number of hydrogen-bond acceptors (Lipinski definition) is 3. The van der Waals surface area contributed by atoms with E-state index >= 15 is 0 Å². The van der Waals surface area contributed by atoms with E-state index in [4.69, 9.17) is 0 Å². The Morgan fingerprint density at radius 2 is 1.70 bits per heavy atom. The number of rotatable bonds is 4. The van der Waals surface area contributed by atoms with Crippen LogP contribution < -0.4 is 0 Å². The summed E-state index contributed by atoms with van der Waals surface area (Å²) in [4.78, 5) is 0. The van der Waals surface area contributed by atoms with Crippen molar-refractivity contribution in [3.8, 4) is 6.07 Å². The van der Waals surface area contributed by atoms with Crippen molar-refractivity contribution >= 4 is 10.0 Å². The number of sulfonamides is 1. The van der Waals surface area contributed by atoms with Crippen LogP contribution in [0.25, 0.3) is 0 Å². The summed E-state index contributed by atoms with van der Waals surface area (Å²) in [6, 6.07) is 1.77. The summed E-state index contributed by atoms with van der Waals surface area (Å²) in [5.74, 6) is -1.54. The molecule has 0 atom stereocenters. The zero-order valence-corrected chi connectivity index (χ0v) is 14.1. The summed E-state index contributed by atoms with van der Waals surface area (Å²) in [5.41, 5.74) is -0.823.